The molecular formula is C15H19NO6S. The number of carboxylic acids is 1. The quantitative estimate of drug-likeness (QED) is 0.741. The van der Waals surface area contributed by atoms with Crippen LogP contribution in [-0.2, 0) is 19.1 Å². The van der Waals surface area contributed by atoms with Crippen molar-refractivity contribution in [1.82, 2.24) is 0 Å². The lowest BCUT2D eigenvalue weighted by atomic mass is 10.3. The van der Waals surface area contributed by atoms with Crippen molar-refractivity contribution < 1.29 is 28.9 Å². The van der Waals surface area contributed by atoms with Crippen LogP contribution >= 0.6 is 11.8 Å². The van der Waals surface area contributed by atoms with Crippen molar-refractivity contribution in [1.29, 1.82) is 0 Å². The molecule has 7 nitrogen and oxygen atoms in total. The monoisotopic (exact) mass is 341 g/mol. The maximum atomic E-state index is 10.9. The van der Waals surface area contributed by atoms with E-state index in [9.17, 15) is 9.59 Å². The van der Waals surface area contributed by atoms with E-state index in [1.165, 1.54) is 18.7 Å². The molecule has 1 aromatic carbocycles. The fourth-order valence-corrected chi connectivity index (χ4v) is 2.61. The van der Waals surface area contributed by atoms with E-state index in [1.54, 1.807) is 24.3 Å². The van der Waals surface area contributed by atoms with Crippen LogP contribution in [-0.4, -0.2) is 54.1 Å². The Bertz CT molecular complexity index is 535. The van der Waals surface area contributed by atoms with Crippen LogP contribution in [0.1, 0.15) is 6.92 Å². The van der Waals surface area contributed by atoms with E-state index in [0.29, 0.717) is 30.4 Å². The number of nitrogens with one attached hydrogen (secondary N) is 1. The highest BCUT2D eigenvalue weighted by atomic mass is 32.2. The maximum absolute atomic E-state index is 10.9. The number of carbonyl (C=O) groups is 2. The largest absolute Gasteiger partial charge is 0.491 e. The van der Waals surface area contributed by atoms with Gasteiger partial charge in [-0.25, -0.2) is 0 Å². The summed E-state index contributed by atoms with van der Waals surface area (Å²) in [5, 5.41) is 11.3. The number of carboxylic acid groups (broad SMARTS) is 1. The highest BCUT2D eigenvalue weighted by molar-refractivity contribution is 7.99. The highest BCUT2D eigenvalue weighted by Crippen LogP contribution is 2.19. The molecule has 0 aromatic heterocycles. The van der Waals surface area contributed by atoms with Gasteiger partial charge in [0.2, 0.25) is 5.91 Å². The van der Waals surface area contributed by atoms with Crippen LogP contribution < -0.4 is 10.1 Å². The molecule has 2 atom stereocenters. The van der Waals surface area contributed by atoms with E-state index >= 15 is 0 Å². The van der Waals surface area contributed by atoms with Gasteiger partial charge < -0.3 is 24.6 Å². The summed E-state index contributed by atoms with van der Waals surface area (Å²) in [6.07, 6.45) is -0.574. The van der Waals surface area contributed by atoms with Crippen molar-refractivity contribution >= 4 is 29.3 Å². The minimum absolute atomic E-state index is 0.0328. The Labute approximate surface area is 138 Å². The molecule has 2 N–H and O–H groups in total. The molecule has 1 amide bonds. The van der Waals surface area contributed by atoms with Gasteiger partial charge >= 0.3 is 5.97 Å². The number of amides is 1. The first-order chi connectivity index (χ1) is 11.0. The third-order valence-electron chi connectivity index (χ3n) is 2.90. The number of thioether (sulfide) groups is 1. The summed E-state index contributed by atoms with van der Waals surface area (Å²) in [6.45, 7) is 2.22. The zero-order chi connectivity index (χ0) is 16.7. The van der Waals surface area contributed by atoms with Crippen molar-refractivity contribution in [2.75, 3.05) is 30.0 Å². The zero-order valence-corrected chi connectivity index (χ0v) is 13.5. The predicted octanol–water partition coefficient (Wildman–Crippen LogP) is 1.58. The summed E-state index contributed by atoms with van der Waals surface area (Å²) in [7, 11) is 0. The lowest BCUT2D eigenvalue weighted by Gasteiger charge is -2.12. The molecule has 23 heavy (non-hydrogen) atoms. The van der Waals surface area contributed by atoms with Crippen LogP contribution in [0.5, 0.6) is 5.75 Å². The van der Waals surface area contributed by atoms with Crippen LogP contribution in [0.25, 0.3) is 0 Å². The molecule has 1 aliphatic heterocycles. The Hall–Kier alpha value is -1.77. The Balaban J connectivity index is 1.68. The van der Waals surface area contributed by atoms with E-state index in [4.69, 9.17) is 19.3 Å². The minimum Gasteiger partial charge on any atom is -0.491 e. The van der Waals surface area contributed by atoms with E-state index in [1.807, 2.05) is 0 Å². The molecule has 1 aromatic rings. The summed E-state index contributed by atoms with van der Waals surface area (Å²) >= 11 is 1.26. The standard InChI is InChI=1S/C15H19NO6S/c1-10(17)16-11-2-4-12(5-3-11)20-6-13-7-21-15(22-13)9-23-8-14(18)19/h2-5,13,15H,6-9H2,1H3,(H,16,17)(H,18,19). The summed E-state index contributed by atoms with van der Waals surface area (Å²) < 4.78 is 16.7. The molecule has 1 heterocycles. The molecule has 1 fully saturated rings. The molecule has 0 saturated carbocycles. The molecule has 2 unspecified atom stereocenters. The molecule has 0 bridgehead atoms. The number of benzene rings is 1. The number of aliphatic carboxylic acids is 1. The second-order valence-corrected chi connectivity index (χ2v) is 5.98. The first kappa shape index (κ1) is 17.6. The van der Waals surface area contributed by atoms with Crippen LogP contribution in [0, 0.1) is 0 Å². The zero-order valence-electron chi connectivity index (χ0n) is 12.7. The van der Waals surface area contributed by atoms with Gasteiger partial charge in [-0.2, -0.15) is 0 Å². The van der Waals surface area contributed by atoms with Gasteiger partial charge in [-0.1, -0.05) is 0 Å². The third kappa shape index (κ3) is 6.47. The van der Waals surface area contributed by atoms with Gasteiger partial charge in [0, 0.05) is 18.4 Å². The molecule has 1 aliphatic rings. The van der Waals surface area contributed by atoms with E-state index in [2.05, 4.69) is 5.32 Å². The van der Waals surface area contributed by atoms with Gasteiger partial charge in [0.25, 0.3) is 0 Å². The van der Waals surface area contributed by atoms with Gasteiger partial charge in [-0.05, 0) is 24.3 Å². The van der Waals surface area contributed by atoms with E-state index < -0.39 is 12.3 Å². The summed E-state index contributed by atoms with van der Waals surface area (Å²) in [5.41, 5.74) is 0.709. The SMILES string of the molecule is CC(=O)Nc1ccc(OCC2COC(CSCC(=O)O)O2)cc1. The lowest BCUT2D eigenvalue weighted by molar-refractivity contribution is -0.133. The highest BCUT2D eigenvalue weighted by Gasteiger charge is 2.26. The van der Waals surface area contributed by atoms with Crippen molar-refractivity contribution in [3.8, 4) is 5.75 Å². The van der Waals surface area contributed by atoms with Crippen molar-refractivity contribution in [2.45, 2.75) is 19.3 Å². The summed E-state index contributed by atoms with van der Waals surface area (Å²) in [6, 6.07) is 7.05. The van der Waals surface area contributed by atoms with Gasteiger partial charge in [-0.3, -0.25) is 9.59 Å². The van der Waals surface area contributed by atoms with Crippen LogP contribution in [0.2, 0.25) is 0 Å². The third-order valence-corrected chi connectivity index (χ3v) is 3.86. The molecular weight excluding hydrogens is 322 g/mol. The number of rotatable bonds is 8. The maximum Gasteiger partial charge on any atom is 0.313 e. The normalized spacial score (nSPS) is 20.2. The van der Waals surface area contributed by atoms with Crippen molar-refractivity contribution in [3.63, 3.8) is 0 Å². The van der Waals surface area contributed by atoms with Gasteiger partial charge in [0.15, 0.2) is 6.29 Å². The van der Waals surface area contributed by atoms with Crippen LogP contribution in [0.15, 0.2) is 24.3 Å². The second kappa shape index (κ2) is 8.76. The molecule has 0 radical (unpaired) electrons. The van der Waals surface area contributed by atoms with E-state index in [-0.39, 0.29) is 17.8 Å². The number of hydrogen-bond acceptors (Lipinski definition) is 6. The van der Waals surface area contributed by atoms with Crippen molar-refractivity contribution in [2.24, 2.45) is 0 Å². The Kier molecular flexibility index (Phi) is 6.69. The molecule has 1 saturated heterocycles. The Morgan fingerprint density at radius 2 is 2.13 bits per heavy atom. The molecule has 126 valence electrons. The first-order valence-corrected chi connectivity index (χ1v) is 8.25. The van der Waals surface area contributed by atoms with E-state index in [0.717, 1.165) is 0 Å². The minimum atomic E-state index is -0.851. The Morgan fingerprint density at radius 1 is 1.39 bits per heavy atom. The van der Waals surface area contributed by atoms with Gasteiger partial charge in [0.1, 0.15) is 18.5 Å². The molecule has 0 aliphatic carbocycles. The topological polar surface area (TPSA) is 94.1 Å². The molecule has 0 spiro atoms. The summed E-state index contributed by atoms with van der Waals surface area (Å²) in [5.74, 6) is 0.211. The summed E-state index contributed by atoms with van der Waals surface area (Å²) in [4.78, 5) is 21.4. The molecule has 2 rings (SSSR count). The number of carbonyl (C=O) groups excluding carboxylic acids is 1. The van der Waals surface area contributed by atoms with Crippen LogP contribution in [0.4, 0.5) is 5.69 Å². The fraction of sp³-hybridized carbons (Fsp3) is 0.467. The number of ether oxygens (including phenoxy) is 3. The first-order valence-electron chi connectivity index (χ1n) is 7.10. The number of hydrogen-bond donors (Lipinski definition) is 2. The lowest BCUT2D eigenvalue weighted by Crippen LogP contribution is -2.21. The second-order valence-electron chi connectivity index (χ2n) is 4.95. The predicted molar refractivity (Wildman–Crippen MR) is 85.8 cm³/mol. The van der Waals surface area contributed by atoms with Gasteiger partial charge in [-0.15, -0.1) is 11.8 Å². The van der Waals surface area contributed by atoms with Gasteiger partial charge in [0.05, 0.1) is 12.4 Å². The van der Waals surface area contributed by atoms with Crippen molar-refractivity contribution in [3.05, 3.63) is 24.3 Å². The Morgan fingerprint density at radius 3 is 2.78 bits per heavy atom. The van der Waals surface area contributed by atoms with Crippen LogP contribution in [0.3, 0.4) is 0 Å². The average Bonchev–Trinajstić information content (AvgIpc) is 2.93. The molecule has 8 heteroatoms. The average molecular weight is 341 g/mol. The smallest absolute Gasteiger partial charge is 0.313 e. The number of anilines is 1. The fourth-order valence-electron chi connectivity index (χ4n) is 1.95.